The number of aromatic nitrogens is 1. The summed E-state index contributed by atoms with van der Waals surface area (Å²) in [6.45, 7) is 1.83. The van der Waals surface area contributed by atoms with Crippen LogP contribution in [0.1, 0.15) is 37.8 Å². The fourth-order valence-corrected chi connectivity index (χ4v) is 6.24. The molecule has 3 aliphatic heterocycles. The van der Waals surface area contributed by atoms with E-state index in [4.69, 9.17) is 25.6 Å². The second-order valence-corrected chi connectivity index (χ2v) is 10.9. The quantitative estimate of drug-likeness (QED) is 0.342. The normalized spacial score (nSPS) is 31.9. The number of ether oxygens (including phenoxy) is 1. The van der Waals surface area contributed by atoms with Crippen LogP contribution in [0, 0.1) is 0 Å². The van der Waals surface area contributed by atoms with Gasteiger partial charge in [-0.2, -0.15) is 0 Å². The molecule has 10 nitrogen and oxygen atoms in total. The molecule has 2 fully saturated rings. The topological polar surface area (TPSA) is 152 Å². The minimum Gasteiger partial charge on any atom is -0.479 e. The van der Waals surface area contributed by atoms with Crippen molar-refractivity contribution < 1.29 is 38.6 Å². The van der Waals surface area contributed by atoms with Crippen molar-refractivity contribution in [3.63, 3.8) is 0 Å². The number of thioether (sulfide) groups is 1. The van der Waals surface area contributed by atoms with Gasteiger partial charge in [-0.25, -0.2) is 14.6 Å². The van der Waals surface area contributed by atoms with Gasteiger partial charge in [0.1, 0.15) is 18.1 Å². The van der Waals surface area contributed by atoms with Crippen LogP contribution < -0.4 is 0 Å². The maximum atomic E-state index is 12.9. The molecule has 0 aliphatic carbocycles. The number of epoxide rings is 1. The first-order valence-electron chi connectivity index (χ1n) is 10.8. The number of aliphatic hydroxyl groups excluding tert-OH is 1. The molecular formula is C23H23ClN2O8S. The zero-order valence-corrected chi connectivity index (χ0v) is 20.3. The van der Waals surface area contributed by atoms with Crippen LogP contribution in [0.3, 0.4) is 0 Å². The molecule has 4 heterocycles. The molecular weight excluding hydrogens is 500 g/mol. The van der Waals surface area contributed by atoms with Crippen molar-refractivity contribution in [2.75, 3.05) is 12.5 Å². The molecule has 2 saturated heterocycles. The van der Waals surface area contributed by atoms with Gasteiger partial charge in [-0.15, -0.1) is 23.4 Å². The third-order valence-electron chi connectivity index (χ3n) is 6.09. The third-order valence-corrected chi connectivity index (χ3v) is 8.25. The van der Waals surface area contributed by atoms with Crippen molar-refractivity contribution in [2.45, 2.75) is 47.4 Å². The number of aliphatic hydroxyl groups is 1. The van der Waals surface area contributed by atoms with Crippen molar-refractivity contribution in [2.24, 2.45) is 5.16 Å². The van der Waals surface area contributed by atoms with Crippen LogP contribution in [0.5, 0.6) is 0 Å². The first kappa shape index (κ1) is 25.4. The highest BCUT2D eigenvalue weighted by atomic mass is 35.5. The highest BCUT2D eigenvalue weighted by Crippen LogP contribution is 2.62. The minimum absolute atomic E-state index is 0.0466. The van der Waals surface area contributed by atoms with Crippen LogP contribution in [0.25, 0.3) is 6.08 Å². The number of carboxylic acids is 1. The number of oxazole rings is 1. The molecule has 4 atom stereocenters. The molecule has 1 aromatic rings. The number of rotatable bonds is 4. The van der Waals surface area contributed by atoms with E-state index in [1.165, 1.54) is 30.2 Å². The minimum atomic E-state index is -1.56. The molecule has 4 rings (SSSR count). The monoisotopic (exact) mass is 522 g/mol. The van der Waals surface area contributed by atoms with Crippen LogP contribution in [0.4, 0.5) is 0 Å². The molecule has 1 aromatic heterocycles. The third kappa shape index (κ3) is 5.13. The molecule has 0 spiro atoms. The number of alkyl halides is 1. The lowest BCUT2D eigenvalue weighted by atomic mass is 9.83. The fourth-order valence-electron chi connectivity index (χ4n) is 4.10. The zero-order valence-electron chi connectivity index (χ0n) is 18.7. The van der Waals surface area contributed by atoms with Gasteiger partial charge in [-0.05, 0) is 38.0 Å². The predicted molar refractivity (Wildman–Crippen MR) is 127 cm³/mol. The number of halogens is 1. The van der Waals surface area contributed by atoms with E-state index in [1.54, 1.807) is 24.3 Å². The van der Waals surface area contributed by atoms with E-state index in [0.717, 1.165) is 0 Å². The summed E-state index contributed by atoms with van der Waals surface area (Å²) in [5.41, 5.74) is -1.39. The number of hydrogen-bond acceptors (Lipinski definition) is 10. The summed E-state index contributed by atoms with van der Waals surface area (Å²) in [6.07, 6.45) is 9.68. The predicted octanol–water partition coefficient (Wildman–Crippen LogP) is 2.50. The van der Waals surface area contributed by atoms with Gasteiger partial charge in [0.2, 0.25) is 11.5 Å². The van der Waals surface area contributed by atoms with Crippen molar-refractivity contribution in [3.05, 3.63) is 48.2 Å². The van der Waals surface area contributed by atoms with E-state index >= 15 is 0 Å². The molecule has 0 aromatic carbocycles. The maximum absolute atomic E-state index is 12.9. The number of carbonyl (C=O) groups excluding carboxylic acids is 2. The molecule has 0 saturated carbocycles. The number of hydrogen-bond donors (Lipinski definition) is 2. The summed E-state index contributed by atoms with van der Waals surface area (Å²) < 4.78 is 8.98. The van der Waals surface area contributed by atoms with Gasteiger partial charge in [-0.3, -0.25) is 4.79 Å². The smallest absolute Gasteiger partial charge is 0.339 e. The summed E-state index contributed by atoms with van der Waals surface area (Å²) >= 11 is 7.03. The van der Waals surface area contributed by atoms with Crippen molar-refractivity contribution in [1.82, 2.24) is 4.98 Å². The lowest BCUT2D eigenvalue weighted by Gasteiger charge is -2.33. The number of nitrogens with zero attached hydrogens (tertiary/aromatic N) is 2. The summed E-state index contributed by atoms with van der Waals surface area (Å²) in [5, 5.41) is 23.9. The van der Waals surface area contributed by atoms with Crippen LogP contribution in [-0.2, 0) is 24.0 Å². The van der Waals surface area contributed by atoms with E-state index < -0.39 is 33.1 Å². The number of fused-ring (bicyclic) bond motifs is 4. The van der Waals surface area contributed by atoms with E-state index in [9.17, 15) is 24.6 Å². The average molecular weight is 523 g/mol. The highest BCUT2D eigenvalue weighted by Gasteiger charge is 2.71. The molecule has 0 unspecified atom stereocenters. The van der Waals surface area contributed by atoms with Gasteiger partial charge in [0.15, 0.2) is 11.5 Å². The number of ketones is 1. The maximum Gasteiger partial charge on any atom is 0.339 e. The summed E-state index contributed by atoms with van der Waals surface area (Å²) in [7, 11) is 0. The number of aliphatic carboxylic acids is 1. The Morgan fingerprint density at radius 2 is 2.00 bits per heavy atom. The van der Waals surface area contributed by atoms with E-state index in [2.05, 4.69) is 10.1 Å². The SMILES string of the molecule is C[C@@]12C=CC(=O)C=CC=Cc3coc(n3)C([C@H](O)CCl)=NOC(=O)C[C@@]([C@@]3(C(=O)O)CO3)(CC1)S2. The standard InChI is InChI=1S/C23H23ClN2O8S/c1-21-7-6-15(27)5-3-2-4-14-12-32-19(25-14)18(16(28)11-24)26-34-17(29)10-22(35-21,9-8-21)23(13-33-23)20(30)31/h2-7,12,16,28H,8-11,13H2,1H3,(H,30,31)/t16-,21-,22-,23+/m1/s1. The summed E-state index contributed by atoms with van der Waals surface area (Å²) in [6, 6.07) is 0. The molecule has 4 bridgehead atoms. The van der Waals surface area contributed by atoms with Gasteiger partial charge >= 0.3 is 11.9 Å². The van der Waals surface area contributed by atoms with E-state index in [0.29, 0.717) is 18.5 Å². The Morgan fingerprint density at radius 1 is 1.26 bits per heavy atom. The number of carboxylic acid groups (broad SMARTS) is 1. The number of carbonyl (C=O) groups is 3. The van der Waals surface area contributed by atoms with Gasteiger partial charge in [0, 0.05) is 4.75 Å². The lowest BCUT2D eigenvalue weighted by molar-refractivity contribution is -0.148. The Morgan fingerprint density at radius 3 is 2.69 bits per heavy atom. The van der Waals surface area contributed by atoms with Crippen molar-refractivity contribution in [3.8, 4) is 0 Å². The van der Waals surface area contributed by atoms with Crippen LogP contribution in [0.2, 0.25) is 0 Å². The van der Waals surface area contributed by atoms with Gasteiger partial charge < -0.3 is 24.2 Å². The first-order chi connectivity index (χ1) is 16.6. The van der Waals surface area contributed by atoms with E-state index in [-0.39, 0.29) is 36.3 Å². The molecule has 0 amide bonds. The molecule has 2 N–H and O–H groups in total. The Kier molecular flexibility index (Phi) is 7.05. The zero-order chi connectivity index (χ0) is 25.3. The molecule has 12 heteroatoms. The number of oxime groups is 1. The molecule has 35 heavy (non-hydrogen) atoms. The van der Waals surface area contributed by atoms with Crippen LogP contribution in [-0.4, -0.2) is 72.3 Å². The largest absolute Gasteiger partial charge is 0.479 e. The Hall–Kier alpha value is -2.73. The van der Waals surface area contributed by atoms with Crippen molar-refractivity contribution >= 4 is 52.9 Å². The summed E-state index contributed by atoms with van der Waals surface area (Å²) in [4.78, 5) is 46.6. The molecule has 3 aliphatic rings. The van der Waals surface area contributed by atoms with Crippen molar-refractivity contribution in [1.29, 1.82) is 0 Å². The highest BCUT2D eigenvalue weighted by molar-refractivity contribution is 8.02. The second kappa shape index (κ2) is 9.73. The van der Waals surface area contributed by atoms with Gasteiger partial charge in [-0.1, -0.05) is 23.4 Å². The van der Waals surface area contributed by atoms with Gasteiger partial charge in [0.05, 0.1) is 23.7 Å². The Bertz CT molecular complexity index is 1150. The average Bonchev–Trinajstić information content (AvgIpc) is 3.42. The van der Waals surface area contributed by atoms with E-state index in [1.807, 2.05) is 6.92 Å². The summed E-state index contributed by atoms with van der Waals surface area (Å²) in [5.74, 6) is -2.64. The first-order valence-corrected chi connectivity index (χ1v) is 12.1. The van der Waals surface area contributed by atoms with Gasteiger partial charge in [0.25, 0.3) is 0 Å². The number of allylic oxidation sites excluding steroid dienone is 4. The van der Waals surface area contributed by atoms with Crippen LogP contribution >= 0.6 is 23.4 Å². The molecule has 0 radical (unpaired) electrons. The molecule has 186 valence electrons. The Balaban J connectivity index is 1.73. The fraction of sp³-hybridized carbons (Fsp3) is 0.435. The lowest BCUT2D eigenvalue weighted by Crippen LogP contribution is -2.48. The van der Waals surface area contributed by atoms with Crippen LogP contribution in [0.15, 0.2) is 46.2 Å². The second-order valence-electron chi connectivity index (χ2n) is 8.65. The Labute approximate surface area is 209 Å².